The van der Waals surface area contributed by atoms with Gasteiger partial charge in [0.2, 0.25) is 11.6 Å². The zero-order valence-corrected chi connectivity index (χ0v) is 10.4. The van der Waals surface area contributed by atoms with Gasteiger partial charge in [-0.2, -0.15) is 0 Å². The summed E-state index contributed by atoms with van der Waals surface area (Å²) in [7, 11) is 0. The number of anilines is 1. The van der Waals surface area contributed by atoms with Crippen LogP contribution >= 0.6 is 11.6 Å². The van der Waals surface area contributed by atoms with Gasteiger partial charge in [-0.1, -0.05) is 35.0 Å². The van der Waals surface area contributed by atoms with Gasteiger partial charge in [0.15, 0.2) is 0 Å². The molecule has 0 atom stereocenters. The number of hydrogen-bond acceptors (Lipinski definition) is 5. The number of carbonyl (C=O) groups excluding carboxylic acids is 1. The summed E-state index contributed by atoms with van der Waals surface area (Å²) in [5, 5.41) is 4.08. The molecule has 0 fully saturated rings. The van der Waals surface area contributed by atoms with Crippen molar-refractivity contribution >= 4 is 23.5 Å². The number of ether oxygens (including phenoxy) is 1. The van der Waals surface area contributed by atoms with Crippen LogP contribution in [0.3, 0.4) is 0 Å². The molecular weight excluding hydrogens is 256 g/mol. The average molecular weight is 267 g/mol. The summed E-state index contributed by atoms with van der Waals surface area (Å²) < 4.78 is 9.72. The van der Waals surface area contributed by atoms with Crippen molar-refractivity contribution in [3.05, 3.63) is 35.0 Å². The lowest BCUT2D eigenvalue weighted by Gasteiger charge is -2.04. The molecule has 0 aliphatic rings. The zero-order valence-electron chi connectivity index (χ0n) is 9.64. The normalized spacial score (nSPS) is 10.3. The number of rotatable bonds is 3. The molecule has 1 aromatic carbocycles. The van der Waals surface area contributed by atoms with Crippen molar-refractivity contribution in [2.45, 2.75) is 6.92 Å². The van der Waals surface area contributed by atoms with Gasteiger partial charge in [-0.05, 0) is 13.0 Å². The number of nitrogen functional groups attached to an aromatic ring is 1. The van der Waals surface area contributed by atoms with Gasteiger partial charge in [0.05, 0.1) is 12.2 Å². The molecular formula is C12H11ClN2O3. The highest BCUT2D eigenvalue weighted by molar-refractivity contribution is 6.33. The molecule has 0 aliphatic carbocycles. The SMILES string of the molecule is CCOC(=O)c1noc(N)c1-c1ccccc1Cl. The van der Waals surface area contributed by atoms with E-state index in [1.165, 1.54) is 0 Å². The Morgan fingerprint density at radius 1 is 1.50 bits per heavy atom. The smallest absolute Gasteiger partial charge is 0.361 e. The predicted octanol–water partition coefficient (Wildman–Crippen LogP) is 2.75. The number of nitrogens with two attached hydrogens (primary N) is 1. The number of benzene rings is 1. The van der Waals surface area contributed by atoms with Gasteiger partial charge >= 0.3 is 5.97 Å². The number of esters is 1. The number of halogens is 1. The monoisotopic (exact) mass is 266 g/mol. The van der Waals surface area contributed by atoms with Gasteiger partial charge in [0.25, 0.3) is 0 Å². The third kappa shape index (κ3) is 2.17. The molecule has 0 saturated carbocycles. The standard InChI is InChI=1S/C12H11ClN2O3/c1-2-17-12(16)10-9(11(14)18-15-10)7-5-3-4-6-8(7)13/h3-6H,2,14H2,1H3. The van der Waals surface area contributed by atoms with Crippen LogP contribution in [-0.2, 0) is 4.74 Å². The Bertz CT molecular complexity index is 580. The van der Waals surface area contributed by atoms with E-state index in [9.17, 15) is 4.79 Å². The molecule has 0 unspecified atom stereocenters. The van der Waals surface area contributed by atoms with Crippen molar-refractivity contribution in [3.63, 3.8) is 0 Å². The fourth-order valence-electron chi connectivity index (χ4n) is 1.57. The number of carbonyl (C=O) groups is 1. The Labute approximate surface area is 108 Å². The van der Waals surface area contributed by atoms with Crippen LogP contribution in [0.25, 0.3) is 11.1 Å². The van der Waals surface area contributed by atoms with E-state index in [1.54, 1.807) is 31.2 Å². The van der Waals surface area contributed by atoms with Crippen LogP contribution in [0.15, 0.2) is 28.8 Å². The van der Waals surface area contributed by atoms with Gasteiger partial charge in [0.1, 0.15) is 0 Å². The van der Waals surface area contributed by atoms with Crippen molar-refractivity contribution in [2.24, 2.45) is 0 Å². The van der Waals surface area contributed by atoms with Crippen LogP contribution < -0.4 is 5.73 Å². The molecule has 1 heterocycles. The van der Waals surface area contributed by atoms with E-state index in [4.69, 9.17) is 26.6 Å². The molecule has 94 valence electrons. The first kappa shape index (κ1) is 12.4. The summed E-state index contributed by atoms with van der Waals surface area (Å²) in [6.45, 7) is 1.95. The molecule has 2 rings (SSSR count). The highest BCUT2D eigenvalue weighted by Crippen LogP contribution is 2.34. The fraction of sp³-hybridized carbons (Fsp3) is 0.167. The lowest BCUT2D eigenvalue weighted by Crippen LogP contribution is -2.06. The molecule has 0 spiro atoms. The fourth-order valence-corrected chi connectivity index (χ4v) is 1.80. The molecule has 6 heteroatoms. The van der Waals surface area contributed by atoms with Gasteiger partial charge in [-0.25, -0.2) is 4.79 Å². The van der Waals surface area contributed by atoms with Gasteiger partial charge < -0.3 is 15.0 Å². The van der Waals surface area contributed by atoms with Crippen molar-refractivity contribution < 1.29 is 14.1 Å². The third-order valence-electron chi connectivity index (χ3n) is 2.33. The van der Waals surface area contributed by atoms with E-state index in [0.717, 1.165) is 0 Å². The van der Waals surface area contributed by atoms with Crippen molar-refractivity contribution in [1.29, 1.82) is 0 Å². The molecule has 0 amide bonds. The Balaban J connectivity index is 2.54. The van der Waals surface area contributed by atoms with E-state index in [0.29, 0.717) is 16.1 Å². The number of hydrogen-bond donors (Lipinski definition) is 1. The van der Waals surface area contributed by atoms with Crippen LogP contribution in [0.2, 0.25) is 5.02 Å². The summed E-state index contributed by atoms with van der Waals surface area (Å²) in [6, 6.07) is 6.98. The largest absolute Gasteiger partial charge is 0.461 e. The van der Waals surface area contributed by atoms with Gasteiger partial charge in [0, 0.05) is 10.6 Å². The first-order valence-electron chi connectivity index (χ1n) is 5.32. The highest BCUT2D eigenvalue weighted by Gasteiger charge is 2.24. The van der Waals surface area contributed by atoms with Crippen LogP contribution in [0.4, 0.5) is 5.88 Å². The summed E-state index contributed by atoms with van der Waals surface area (Å²) in [5.74, 6) is -0.556. The minimum absolute atomic E-state index is 0.0300. The molecule has 5 nitrogen and oxygen atoms in total. The summed E-state index contributed by atoms with van der Waals surface area (Å²) in [4.78, 5) is 11.7. The Morgan fingerprint density at radius 2 is 2.22 bits per heavy atom. The molecule has 2 N–H and O–H groups in total. The topological polar surface area (TPSA) is 78.3 Å². The summed E-state index contributed by atoms with van der Waals surface area (Å²) in [6.07, 6.45) is 0. The maximum absolute atomic E-state index is 11.7. The van der Waals surface area contributed by atoms with Crippen LogP contribution in [0.1, 0.15) is 17.4 Å². The van der Waals surface area contributed by atoms with E-state index in [1.807, 2.05) is 0 Å². The van der Waals surface area contributed by atoms with E-state index in [2.05, 4.69) is 5.16 Å². The van der Waals surface area contributed by atoms with E-state index >= 15 is 0 Å². The van der Waals surface area contributed by atoms with E-state index < -0.39 is 5.97 Å². The van der Waals surface area contributed by atoms with E-state index in [-0.39, 0.29) is 18.2 Å². The second-order valence-corrected chi connectivity index (χ2v) is 3.88. The third-order valence-corrected chi connectivity index (χ3v) is 2.66. The zero-order chi connectivity index (χ0) is 13.1. The molecule has 1 aromatic heterocycles. The lowest BCUT2D eigenvalue weighted by atomic mass is 10.1. The molecule has 0 saturated heterocycles. The average Bonchev–Trinajstić information content (AvgIpc) is 2.72. The summed E-state index contributed by atoms with van der Waals surface area (Å²) >= 11 is 6.06. The molecule has 18 heavy (non-hydrogen) atoms. The van der Waals surface area contributed by atoms with Gasteiger partial charge in [-0.3, -0.25) is 0 Å². The Kier molecular flexibility index (Phi) is 3.53. The van der Waals surface area contributed by atoms with Crippen molar-refractivity contribution in [3.8, 4) is 11.1 Å². The second kappa shape index (κ2) is 5.10. The first-order chi connectivity index (χ1) is 8.65. The maximum atomic E-state index is 11.7. The minimum Gasteiger partial charge on any atom is -0.461 e. The molecule has 2 aromatic rings. The quantitative estimate of drug-likeness (QED) is 0.864. The Hall–Kier alpha value is -2.01. The van der Waals surface area contributed by atoms with Crippen LogP contribution in [0, 0.1) is 0 Å². The second-order valence-electron chi connectivity index (χ2n) is 3.47. The van der Waals surface area contributed by atoms with Crippen LogP contribution in [-0.4, -0.2) is 17.7 Å². The summed E-state index contributed by atoms with van der Waals surface area (Å²) in [5.41, 5.74) is 6.66. The van der Waals surface area contributed by atoms with Crippen LogP contribution in [0.5, 0.6) is 0 Å². The Morgan fingerprint density at radius 3 is 2.89 bits per heavy atom. The maximum Gasteiger partial charge on any atom is 0.361 e. The van der Waals surface area contributed by atoms with Crippen molar-refractivity contribution in [1.82, 2.24) is 5.16 Å². The highest BCUT2D eigenvalue weighted by atomic mass is 35.5. The lowest BCUT2D eigenvalue weighted by molar-refractivity contribution is 0.0515. The van der Waals surface area contributed by atoms with Crippen molar-refractivity contribution in [2.75, 3.05) is 12.3 Å². The molecule has 0 radical (unpaired) electrons. The first-order valence-corrected chi connectivity index (χ1v) is 5.70. The number of nitrogens with zero attached hydrogens (tertiary/aromatic N) is 1. The minimum atomic E-state index is -0.590. The molecule has 0 bridgehead atoms. The predicted molar refractivity (Wildman–Crippen MR) is 67.3 cm³/mol. The number of aromatic nitrogens is 1. The molecule has 0 aliphatic heterocycles. The van der Waals surface area contributed by atoms with Gasteiger partial charge in [-0.15, -0.1) is 0 Å².